The third-order valence-electron chi connectivity index (χ3n) is 5.18. The van der Waals surface area contributed by atoms with Gasteiger partial charge in [0.15, 0.2) is 0 Å². The average molecular weight is 456 g/mol. The molecule has 0 radical (unpaired) electrons. The maximum atomic E-state index is 4.71. The third-order valence-corrected chi connectivity index (χ3v) is 5.79. The fraction of sp³-hybridized carbons (Fsp3) is 0.0417. The first-order valence-electron chi connectivity index (χ1n) is 9.59. The highest BCUT2D eigenvalue weighted by Gasteiger charge is 2.36. The lowest BCUT2D eigenvalue weighted by atomic mass is 9.77. The number of nitrogens with zero attached hydrogens (tertiary/aromatic N) is 3. The summed E-state index contributed by atoms with van der Waals surface area (Å²) in [7, 11) is 0. The van der Waals surface area contributed by atoms with Gasteiger partial charge >= 0.3 is 0 Å². The molecule has 0 aliphatic heterocycles. The highest BCUT2D eigenvalue weighted by Crippen LogP contribution is 2.40. The molecule has 0 saturated heterocycles. The lowest BCUT2D eigenvalue weighted by Gasteiger charge is -2.37. The number of fused-ring (bicyclic) bond motifs is 1. The van der Waals surface area contributed by atoms with Crippen molar-refractivity contribution in [2.75, 3.05) is 5.32 Å². The van der Waals surface area contributed by atoms with Gasteiger partial charge < -0.3 is 5.32 Å². The summed E-state index contributed by atoms with van der Waals surface area (Å²) < 4.78 is 0.826. The molecule has 0 bridgehead atoms. The van der Waals surface area contributed by atoms with Gasteiger partial charge in [-0.25, -0.2) is 4.98 Å². The summed E-state index contributed by atoms with van der Waals surface area (Å²) in [6.07, 6.45) is 0. The molecule has 0 atom stereocenters. The monoisotopic (exact) mass is 455 g/mol. The van der Waals surface area contributed by atoms with Crippen molar-refractivity contribution in [1.29, 1.82) is 0 Å². The van der Waals surface area contributed by atoms with Crippen LogP contribution in [0.5, 0.6) is 0 Å². The van der Waals surface area contributed by atoms with E-state index in [4.69, 9.17) is 4.98 Å². The zero-order valence-corrected chi connectivity index (χ0v) is 17.5. The molecule has 30 heavy (non-hydrogen) atoms. The molecule has 0 aliphatic carbocycles. The van der Waals surface area contributed by atoms with Crippen molar-refractivity contribution in [1.82, 2.24) is 20.4 Å². The summed E-state index contributed by atoms with van der Waals surface area (Å²) >= 11 is 3.60. The lowest BCUT2D eigenvalue weighted by Crippen LogP contribution is -2.38. The molecule has 0 unspecified atom stereocenters. The maximum absolute atomic E-state index is 4.71. The molecule has 0 aliphatic rings. The average Bonchev–Trinajstić information content (AvgIpc) is 3.29. The van der Waals surface area contributed by atoms with Crippen LogP contribution in [0.2, 0.25) is 0 Å². The van der Waals surface area contributed by atoms with Gasteiger partial charge in [0, 0.05) is 0 Å². The van der Waals surface area contributed by atoms with Gasteiger partial charge in [0.25, 0.3) is 0 Å². The van der Waals surface area contributed by atoms with Crippen LogP contribution in [0.25, 0.3) is 11.2 Å². The number of hydrogen-bond donors (Lipinski definition) is 2. The SMILES string of the molecule is Brc1cc(NC(c2ccccc2)(c2ccccc2)c2ccccc2)nc2n[nH]nc12. The molecule has 0 spiro atoms. The number of pyridine rings is 1. The minimum absolute atomic E-state index is 0.551. The molecular formula is C24H18BrN5. The van der Waals surface area contributed by atoms with Crippen LogP contribution in [0.4, 0.5) is 5.82 Å². The Hall–Kier alpha value is -3.51. The highest BCUT2D eigenvalue weighted by atomic mass is 79.9. The van der Waals surface area contributed by atoms with E-state index < -0.39 is 5.54 Å². The fourth-order valence-electron chi connectivity index (χ4n) is 3.84. The summed E-state index contributed by atoms with van der Waals surface area (Å²) in [6.45, 7) is 0. The topological polar surface area (TPSA) is 66.5 Å². The predicted octanol–water partition coefficient (Wildman–Crippen LogP) is 5.52. The Balaban J connectivity index is 1.78. The summed E-state index contributed by atoms with van der Waals surface area (Å²) in [5.41, 5.74) is 3.94. The van der Waals surface area contributed by atoms with E-state index in [0.717, 1.165) is 21.2 Å². The van der Waals surface area contributed by atoms with Gasteiger partial charge in [0.1, 0.15) is 16.9 Å². The van der Waals surface area contributed by atoms with E-state index in [9.17, 15) is 0 Å². The quantitative estimate of drug-likeness (QED) is 0.342. The number of benzene rings is 3. The van der Waals surface area contributed by atoms with Crippen molar-refractivity contribution in [3.63, 3.8) is 0 Å². The number of rotatable bonds is 5. The van der Waals surface area contributed by atoms with Crippen LogP contribution >= 0.6 is 15.9 Å². The van der Waals surface area contributed by atoms with Crippen LogP contribution in [0.3, 0.4) is 0 Å². The van der Waals surface area contributed by atoms with Crippen molar-refractivity contribution in [3.05, 3.63) is 118 Å². The van der Waals surface area contributed by atoms with E-state index in [2.05, 4.69) is 109 Å². The molecule has 5 aromatic rings. The molecular weight excluding hydrogens is 438 g/mol. The molecule has 2 N–H and O–H groups in total. The Morgan fingerprint density at radius 1 is 0.700 bits per heavy atom. The molecule has 0 amide bonds. The van der Waals surface area contributed by atoms with Gasteiger partial charge in [0.05, 0.1) is 4.47 Å². The maximum Gasteiger partial charge on any atom is 0.204 e. The van der Waals surface area contributed by atoms with Crippen LogP contribution in [0.1, 0.15) is 16.7 Å². The Morgan fingerprint density at radius 2 is 1.20 bits per heavy atom. The Bertz CT molecular complexity index is 1170. The standard InChI is InChI=1S/C24H18BrN5/c25-20-16-21(26-23-22(20)28-30-29-23)27-24(17-10-4-1-5-11-17,18-12-6-2-7-13-18)19-14-8-3-9-15-19/h1-16H,(H2,26,27,28,29,30). The summed E-state index contributed by atoms with van der Waals surface area (Å²) in [4.78, 5) is 4.71. The van der Waals surface area contributed by atoms with Crippen LogP contribution in [-0.4, -0.2) is 20.4 Å². The number of hydrogen-bond acceptors (Lipinski definition) is 4. The second-order valence-electron chi connectivity index (χ2n) is 6.96. The third kappa shape index (κ3) is 3.15. The molecule has 2 heterocycles. The minimum Gasteiger partial charge on any atom is -0.353 e. The Labute approximate surface area is 182 Å². The minimum atomic E-state index is -0.645. The first kappa shape index (κ1) is 18.5. The number of anilines is 1. The van der Waals surface area contributed by atoms with E-state index in [1.54, 1.807) is 0 Å². The molecule has 5 nitrogen and oxygen atoms in total. The molecule has 0 saturated carbocycles. The van der Waals surface area contributed by atoms with Crippen molar-refractivity contribution in [2.24, 2.45) is 0 Å². The van der Waals surface area contributed by atoms with E-state index >= 15 is 0 Å². The lowest BCUT2D eigenvalue weighted by molar-refractivity contribution is 0.707. The van der Waals surface area contributed by atoms with Crippen molar-refractivity contribution in [3.8, 4) is 0 Å². The molecule has 6 heteroatoms. The van der Waals surface area contributed by atoms with Crippen LogP contribution < -0.4 is 5.32 Å². The van der Waals surface area contributed by atoms with E-state index in [0.29, 0.717) is 17.0 Å². The number of H-pyrrole nitrogens is 1. The zero-order valence-electron chi connectivity index (χ0n) is 16.0. The van der Waals surface area contributed by atoms with Crippen molar-refractivity contribution < 1.29 is 0 Å². The van der Waals surface area contributed by atoms with Crippen molar-refractivity contribution in [2.45, 2.75) is 5.54 Å². The second kappa shape index (κ2) is 7.72. The summed E-state index contributed by atoms with van der Waals surface area (Å²) in [5.74, 6) is 0.694. The summed E-state index contributed by atoms with van der Waals surface area (Å²) in [5, 5.41) is 14.7. The van der Waals surface area contributed by atoms with E-state index in [-0.39, 0.29) is 0 Å². The van der Waals surface area contributed by atoms with Gasteiger partial charge in [-0.05, 0) is 38.7 Å². The van der Waals surface area contributed by atoms with E-state index in [1.165, 1.54) is 0 Å². The smallest absolute Gasteiger partial charge is 0.204 e. The molecule has 5 rings (SSSR count). The van der Waals surface area contributed by atoms with Gasteiger partial charge in [-0.1, -0.05) is 91.0 Å². The Morgan fingerprint density at radius 3 is 1.70 bits per heavy atom. The highest BCUT2D eigenvalue weighted by molar-refractivity contribution is 9.10. The number of nitrogens with one attached hydrogen (secondary N) is 2. The zero-order chi connectivity index (χ0) is 20.4. The molecule has 0 fully saturated rings. The largest absolute Gasteiger partial charge is 0.353 e. The Kier molecular flexibility index (Phi) is 4.77. The molecule has 2 aromatic heterocycles. The number of aromatic amines is 1. The van der Waals surface area contributed by atoms with Gasteiger partial charge in [-0.2, -0.15) is 10.3 Å². The molecule has 146 valence electrons. The van der Waals surface area contributed by atoms with Crippen LogP contribution in [0.15, 0.2) is 102 Å². The van der Waals surface area contributed by atoms with Gasteiger partial charge in [0.2, 0.25) is 5.65 Å². The predicted molar refractivity (Wildman–Crippen MR) is 122 cm³/mol. The van der Waals surface area contributed by atoms with Crippen LogP contribution in [-0.2, 0) is 5.54 Å². The van der Waals surface area contributed by atoms with Gasteiger partial charge in [-0.3, -0.25) is 0 Å². The number of halogens is 1. The second-order valence-corrected chi connectivity index (χ2v) is 7.81. The van der Waals surface area contributed by atoms with Crippen molar-refractivity contribution >= 4 is 32.9 Å². The normalized spacial score (nSPS) is 11.5. The first-order chi connectivity index (χ1) is 14.8. The molecule has 3 aromatic carbocycles. The first-order valence-corrected chi connectivity index (χ1v) is 10.4. The van der Waals surface area contributed by atoms with E-state index in [1.807, 2.05) is 24.3 Å². The van der Waals surface area contributed by atoms with Gasteiger partial charge in [-0.15, -0.1) is 5.10 Å². The summed E-state index contributed by atoms with van der Waals surface area (Å²) in [6, 6.07) is 33.2. The number of aromatic nitrogens is 4. The van der Waals surface area contributed by atoms with Crippen LogP contribution in [0, 0.1) is 0 Å². The fourth-order valence-corrected chi connectivity index (χ4v) is 4.32.